The summed E-state index contributed by atoms with van der Waals surface area (Å²) in [5, 5.41) is 8.77. The van der Waals surface area contributed by atoms with Gasteiger partial charge < -0.3 is 0 Å². The molecule has 0 fully saturated rings. The van der Waals surface area contributed by atoms with Crippen molar-refractivity contribution in [1.82, 2.24) is 10.4 Å². The molecule has 0 aromatic heterocycles. The van der Waals surface area contributed by atoms with Crippen molar-refractivity contribution >= 4 is 5.91 Å². The van der Waals surface area contributed by atoms with Crippen molar-refractivity contribution in [3.05, 3.63) is 46.8 Å². The number of hydrogen-bond acceptors (Lipinski definition) is 3. The summed E-state index contributed by atoms with van der Waals surface area (Å²) in [7, 11) is 0. The van der Waals surface area contributed by atoms with Crippen molar-refractivity contribution < 1.29 is 14.4 Å². The van der Waals surface area contributed by atoms with Crippen molar-refractivity contribution in [2.75, 3.05) is 13.1 Å². The summed E-state index contributed by atoms with van der Waals surface area (Å²) >= 11 is 0. The maximum atomic E-state index is 14.6. The van der Waals surface area contributed by atoms with Crippen LogP contribution in [-0.4, -0.2) is 29.1 Å². The van der Waals surface area contributed by atoms with Gasteiger partial charge in [-0.25, -0.2) is 9.87 Å². The zero-order chi connectivity index (χ0) is 22.5. The smallest absolute Gasteiger partial charge is 0.274 e. The maximum absolute atomic E-state index is 14.6. The Labute approximate surface area is 182 Å². The number of hydroxylamine groups is 1. The van der Waals surface area contributed by atoms with Crippen LogP contribution in [0.4, 0.5) is 4.39 Å². The molecule has 1 aromatic carbocycles. The van der Waals surface area contributed by atoms with E-state index < -0.39 is 5.91 Å². The molecule has 1 atom stereocenters. The molecule has 0 radical (unpaired) electrons. The van der Waals surface area contributed by atoms with E-state index in [1.807, 2.05) is 13.8 Å². The summed E-state index contributed by atoms with van der Waals surface area (Å²) in [5.74, 6) is -0.399. The fourth-order valence-corrected chi connectivity index (χ4v) is 4.25. The number of benzene rings is 1. The number of amides is 1. The molecule has 170 valence electrons. The first kappa shape index (κ1) is 26.3. The number of nitrogens with zero attached hydrogens (tertiary/aromatic N) is 1. The molecular formula is C25H41FN2O2. The van der Waals surface area contributed by atoms with Gasteiger partial charge in [-0.05, 0) is 62.1 Å². The van der Waals surface area contributed by atoms with Crippen molar-refractivity contribution in [2.45, 2.75) is 85.6 Å². The molecular weight excluding hydrogens is 379 g/mol. The second-order valence-electron chi connectivity index (χ2n) is 8.07. The Morgan fingerprint density at radius 2 is 1.97 bits per heavy atom. The Balaban J connectivity index is 0.00000218. The van der Waals surface area contributed by atoms with Crippen LogP contribution in [0.2, 0.25) is 0 Å². The Morgan fingerprint density at radius 1 is 1.23 bits per heavy atom. The molecule has 0 saturated heterocycles. The van der Waals surface area contributed by atoms with Gasteiger partial charge in [-0.3, -0.25) is 14.9 Å². The van der Waals surface area contributed by atoms with Crippen LogP contribution in [0.15, 0.2) is 24.3 Å². The van der Waals surface area contributed by atoms with E-state index in [1.54, 1.807) is 11.5 Å². The van der Waals surface area contributed by atoms with Crippen LogP contribution < -0.4 is 5.48 Å². The van der Waals surface area contributed by atoms with E-state index in [2.05, 4.69) is 25.3 Å². The number of allylic oxidation sites excluding steroid dienone is 1. The molecule has 1 amide bonds. The fraction of sp³-hybridized carbons (Fsp3) is 0.640. The minimum absolute atomic E-state index is 0.170. The van der Waals surface area contributed by atoms with Crippen molar-refractivity contribution in [1.29, 1.82) is 0 Å². The highest BCUT2D eigenvalue weighted by Crippen LogP contribution is 2.26. The Bertz CT molecular complexity index is 675. The standard InChI is InChI=1S/C23H35FN2O2.C2H6/c1-4-7-17(3)9-6-10-18(8-5-2)15-26-12-11-19-13-20(23(27)25-28)14-22(24)21(19)16-26;1-2/h13-14,18,28H,3-12,15-16H2,1-2H3,(H,25,27);1-2H3. The third-order valence-electron chi connectivity index (χ3n) is 5.69. The van der Waals surface area contributed by atoms with Gasteiger partial charge in [-0.1, -0.05) is 52.7 Å². The summed E-state index contributed by atoms with van der Waals surface area (Å²) in [6.45, 7) is 15.0. The molecule has 0 spiro atoms. The van der Waals surface area contributed by atoms with Crippen LogP contribution in [0, 0.1) is 11.7 Å². The highest BCUT2D eigenvalue weighted by molar-refractivity contribution is 5.93. The van der Waals surface area contributed by atoms with Crippen LogP contribution in [-0.2, 0) is 13.0 Å². The third-order valence-corrected chi connectivity index (χ3v) is 5.69. The van der Waals surface area contributed by atoms with Crippen LogP contribution >= 0.6 is 0 Å². The normalized spacial score (nSPS) is 14.3. The van der Waals surface area contributed by atoms with Gasteiger partial charge >= 0.3 is 0 Å². The minimum Gasteiger partial charge on any atom is -0.298 e. The maximum Gasteiger partial charge on any atom is 0.274 e. The minimum atomic E-state index is -0.670. The Hall–Kier alpha value is -1.72. The monoisotopic (exact) mass is 420 g/mol. The van der Waals surface area contributed by atoms with E-state index >= 15 is 0 Å². The van der Waals surface area contributed by atoms with E-state index in [0.29, 0.717) is 18.0 Å². The first-order valence-corrected chi connectivity index (χ1v) is 11.6. The molecule has 30 heavy (non-hydrogen) atoms. The summed E-state index contributed by atoms with van der Waals surface area (Å²) in [4.78, 5) is 13.9. The molecule has 1 aromatic rings. The predicted octanol–water partition coefficient (Wildman–Crippen LogP) is 6.27. The number of halogens is 1. The first-order valence-electron chi connectivity index (χ1n) is 11.6. The van der Waals surface area contributed by atoms with Gasteiger partial charge in [0.15, 0.2) is 0 Å². The number of rotatable bonds is 11. The summed E-state index contributed by atoms with van der Waals surface area (Å²) in [5.41, 5.74) is 4.66. The number of fused-ring (bicyclic) bond motifs is 1. The highest BCUT2D eigenvalue weighted by Gasteiger charge is 2.23. The topological polar surface area (TPSA) is 52.6 Å². The summed E-state index contributed by atoms with van der Waals surface area (Å²) in [6.07, 6.45) is 8.86. The van der Waals surface area contributed by atoms with Gasteiger partial charge in [-0.2, -0.15) is 0 Å². The lowest BCUT2D eigenvalue weighted by molar-refractivity contribution is 0.0705. The van der Waals surface area contributed by atoms with Gasteiger partial charge in [-0.15, -0.1) is 0 Å². The van der Waals surface area contributed by atoms with Gasteiger partial charge in [0.2, 0.25) is 0 Å². The van der Waals surface area contributed by atoms with Crippen molar-refractivity contribution in [2.24, 2.45) is 5.92 Å². The van der Waals surface area contributed by atoms with Crippen molar-refractivity contribution in [3.63, 3.8) is 0 Å². The molecule has 0 bridgehead atoms. The Kier molecular flexibility index (Phi) is 12.6. The largest absolute Gasteiger partial charge is 0.298 e. The van der Waals surface area contributed by atoms with Crippen LogP contribution in [0.1, 0.15) is 94.1 Å². The number of hydrogen-bond donors (Lipinski definition) is 2. The molecule has 1 heterocycles. The van der Waals surface area contributed by atoms with Crippen LogP contribution in [0.25, 0.3) is 0 Å². The second-order valence-corrected chi connectivity index (χ2v) is 8.07. The predicted molar refractivity (Wildman–Crippen MR) is 122 cm³/mol. The SMILES string of the molecule is C=C(CCC)CCCC(CCC)CN1CCc2cc(C(=O)NO)cc(F)c2C1.CC. The van der Waals surface area contributed by atoms with E-state index in [4.69, 9.17) is 5.21 Å². The van der Waals surface area contributed by atoms with Crippen molar-refractivity contribution in [3.8, 4) is 0 Å². The van der Waals surface area contributed by atoms with E-state index in [1.165, 1.54) is 37.3 Å². The summed E-state index contributed by atoms with van der Waals surface area (Å²) in [6, 6.07) is 2.92. The second kappa shape index (κ2) is 14.3. The lowest BCUT2D eigenvalue weighted by Gasteiger charge is -2.32. The third kappa shape index (κ3) is 8.19. The van der Waals surface area contributed by atoms with Gasteiger partial charge in [0.05, 0.1) is 0 Å². The van der Waals surface area contributed by atoms with E-state index in [0.717, 1.165) is 44.3 Å². The van der Waals surface area contributed by atoms with Crippen LogP contribution in [0.5, 0.6) is 0 Å². The summed E-state index contributed by atoms with van der Waals surface area (Å²) < 4.78 is 14.6. The zero-order valence-corrected chi connectivity index (χ0v) is 19.4. The Morgan fingerprint density at radius 3 is 2.60 bits per heavy atom. The fourth-order valence-electron chi connectivity index (χ4n) is 4.25. The average molecular weight is 421 g/mol. The van der Waals surface area contributed by atoms with E-state index in [-0.39, 0.29) is 11.4 Å². The number of nitrogens with one attached hydrogen (secondary N) is 1. The number of carbonyl (C=O) groups is 1. The number of carbonyl (C=O) groups excluding carboxylic acids is 1. The van der Waals surface area contributed by atoms with Crippen LogP contribution in [0.3, 0.4) is 0 Å². The van der Waals surface area contributed by atoms with E-state index in [9.17, 15) is 9.18 Å². The highest BCUT2D eigenvalue weighted by atomic mass is 19.1. The van der Waals surface area contributed by atoms with Gasteiger partial charge in [0, 0.05) is 30.8 Å². The molecule has 5 heteroatoms. The molecule has 2 N–H and O–H groups in total. The average Bonchev–Trinajstić information content (AvgIpc) is 2.75. The quantitative estimate of drug-likeness (QED) is 0.252. The lowest BCUT2D eigenvalue weighted by atomic mass is 9.92. The molecule has 1 aliphatic rings. The lowest BCUT2D eigenvalue weighted by Crippen LogP contribution is -2.35. The molecule has 1 aliphatic heterocycles. The molecule has 1 unspecified atom stereocenters. The molecule has 0 saturated carbocycles. The zero-order valence-electron chi connectivity index (χ0n) is 19.4. The first-order chi connectivity index (χ1) is 14.5. The molecule has 0 aliphatic carbocycles. The molecule has 4 nitrogen and oxygen atoms in total. The van der Waals surface area contributed by atoms with Gasteiger partial charge in [0.25, 0.3) is 5.91 Å². The van der Waals surface area contributed by atoms with Gasteiger partial charge in [0.1, 0.15) is 5.82 Å². The molecule has 2 rings (SSSR count).